The number of carbonyl (C=O) groups excluding carboxylic acids is 4. The topological polar surface area (TPSA) is 194 Å². The molecule has 0 heterocycles. The van der Waals surface area contributed by atoms with Crippen molar-refractivity contribution >= 4 is 29.6 Å². The van der Waals surface area contributed by atoms with Gasteiger partial charge in [0, 0.05) is 6.42 Å². The highest BCUT2D eigenvalue weighted by Gasteiger charge is 2.32. The molecular formula is C25H39N5O6. The minimum Gasteiger partial charge on any atom is -0.480 e. The summed E-state index contributed by atoms with van der Waals surface area (Å²) in [4.78, 5) is 61.3. The number of carbonyl (C=O) groups is 5. The van der Waals surface area contributed by atoms with Gasteiger partial charge in [-0.15, -0.1) is 0 Å². The maximum Gasteiger partial charge on any atom is 0.326 e. The van der Waals surface area contributed by atoms with Gasteiger partial charge in [0.2, 0.25) is 23.6 Å². The van der Waals surface area contributed by atoms with Gasteiger partial charge in [0.05, 0.1) is 6.04 Å². The molecule has 0 aromatic heterocycles. The first-order valence-corrected chi connectivity index (χ1v) is 12.0. The number of benzene rings is 1. The lowest BCUT2D eigenvalue weighted by Gasteiger charge is -2.27. The van der Waals surface area contributed by atoms with E-state index < -0.39 is 53.8 Å². The van der Waals surface area contributed by atoms with Gasteiger partial charge in [0.25, 0.3) is 0 Å². The average Bonchev–Trinajstić information content (AvgIpc) is 2.78. The van der Waals surface area contributed by atoms with Crippen molar-refractivity contribution in [3.8, 4) is 0 Å². The van der Waals surface area contributed by atoms with Gasteiger partial charge in [0.15, 0.2) is 0 Å². The summed E-state index contributed by atoms with van der Waals surface area (Å²) in [7, 11) is 0. The van der Waals surface area contributed by atoms with Crippen LogP contribution in [0.2, 0.25) is 0 Å². The second kappa shape index (κ2) is 14.8. The average molecular weight is 506 g/mol. The van der Waals surface area contributed by atoms with Crippen LogP contribution in [0.3, 0.4) is 0 Å². The lowest BCUT2D eigenvalue weighted by molar-refractivity contribution is -0.142. The molecule has 0 aliphatic rings. The van der Waals surface area contributed by atoms with Crippen molar-refractivity contribution in [2.24, 2.45) is 23.3 Å². The molecule has 11 heteroatoms. The predicted octanol–water partition coefficient (Wildman–Crippen LogP) is 0.0630. The molecule has 0 saturated carbocycles. The van der Waals surface area contributed by atoms with Gasteiger partial charge < -0.3 is 32.5 Å². The van der Waals surface area contributed by atoms with Gasteiger partial charge in [0.1, 0.15) is 18.1 Å². The summed E-state index contributed by atoms with van der Waals surface area (Å²) in [6.07, 6.45) is 0.122. The van der Waals surface area contributed by atoms with Crippen molar-refractivity contribution in [2.75, 3.05) is 0 Å². The third kappa shape index (κ3) is 10.9. The Morgan fingerprint density at radius 1 is 0.861 bits per heavy atom. The summed E-state index contributed by atoms with van der Waals surface area (Å²) in [6, 6.07) is 5.00. The zero-order valence-electron chi connectivity index (χ0n) is 21.3. The molecular weight excluding hydrogens is 466 g/mol. The molecule has 0 radical (unpaired) electrons. The van der Waals surface area contributed by atoms with Gasteiger partial charge in [-0.3, -0.25) is 19.2 Å². The standard InChI is InChI=1S/C25H39N5O6/c1-14(2)12-19(23(33)28-18(25(35)36)10-11-20(27)31)29-24(34)21(15(3)4)30-22(32)17(26)13-16-8-6-5-7-9-16/h5-9,14-15,17-19,21H,10-13,26H2,1-4H3,(H2,27,31)(H,28,33)(H,29,34)(H,30,32)(H,35,36). The zero-order valence-corrected chi connectivity index (χ0v) is 21.3. The van der Waals surface area contributed by atoms with Crippen molar-refractivity contribution in [1.82, 2.24) is 16.0 Å². The number of hydrogen-bond donors (Lipinski definition) is 6. The van der Waals surface area contributed by atoms with Crippen molar-refractivity contribution < 1.29 is 29.1 Å². The van der Waals surface area contributed by atoms with Crippen molar-refractivity contribution in [3.63, 3.8) is 0 Å². The molecule has 11 nitrogen and oxygen atoms in total. The van der Waals surface area contributed by atoms with E-state index in [0.717, 1.165) is 5.56 Å². The SMILES string of the molecule is CC(C)CC(NC(=O)C(NC(=O)C(N)Cc1ccccc1)C(C)C)C(=O)NC(CCC(N)=O)C(=O)O. The number of rotatable bonds is 15. The van der Waals surface area contributed by atoms with Gasteiger partial charge in [-0.05, 0) is 36.7 Å². The minimum atomic E-state index is -1.34. The first-order valence-electron chi connectivity index (χ1n) is 12.0. The monoisotopic (exact) mass is 505 g/mol. The summed E-state index contributed by atoms with van der Waals surface area (Å²) in [5.74, 6) is -4.14. The normalized spacial score (nSPS) is 14.4. The maximum absolute atomic E-state index is 13.1. The number of nitrogens with two attached hydrogens (primary N) is 2. The number of aliphatic carboxylic acids is 1. The Morgan fingerprint density at radius 3 is 1.94 bits per heavy atom. The molecule has 0 aliphatic heterocycles. The van der Waals surface area contributed by atoms with Crippen molar-refractivity contribution in [3.05, 3.63) is 35.9 Å². The van der Waals surface area contributed by atoms with E-state index in [2.05, 4.69) is 16.0 Å². The molecule has 200 valence electrons. The van der Waals surface area contributed by atoms with Gasteiger partial charge >= 0.3 is 5.97 Å². The Labute approximate surface area is 211 Å². The lowest BCUT2D eigenvalue weighted by atomic mass is 9.98. The molecule has 0 bridgehead atoms. The van der Waals surface area contributed by atoms with E-state index in [1.807, 2.05) is 44.2 Å². The highest BCUT2D eigenvalue weighted by atomic mass is 16.4. The molecule has 1 rings (SSSR count). The lowest BCUT2D eigenvalue weighted by Crippen LogP contribution is -2.58. The third-order valence-corrected chi connectivity index (χ3v) is 5.52. The zero-order chi connectivity index (χ0) is 27.4. The molecule has 0 fully saturated rings. The van der Waals surface area contributed by atoms with Crippen LogP contribution < -0.4 is 27.4 Å². The molecule has 1 aromatic rings. The van der Waals surface area contributed by atoms with E-state index in [1.165, 1.54) is 0 Å². The summed E-state index contributed by atoms with van der Waals surface area (Å²) in [6.45, 7) is 7.18. The number of hydrogen-bond acceptors (Lipinski definition) is 6. The molecule has 4 amide bonds. The highest BCUT2D eigenvalue weighted by Crippen LogP contribution is 2.10. The van der Waals surface area contributed by atoms with Crippen molar-refractivity contribution in [2.45, 2.75) is 77.5 Å². The van der Waals surface area contributed by atoms with Crippen LogP contribution in [0.25, 0.3) is 0 Å². The number of primary amides is 1. The van der Waals surface area contributed by atoms with Crippen molar-refractivity contribution in [1.29, 1.82) is 0 Å². The van der Waals surface area contributed by atoms with E-state index in [0.29, 0.717) is 6.42 Å². The fourth-order valence-electron chi connectivity index (χ4n) is 3.54. The van der Waals surface area contributed by atoms with Gasteiger partial charge in [-0.2, -0.15) is 0 Å². The Bertz CT molecular complexity index is 905. The first-order chi connectivity index (χ1) is 16.8. The minimum absolute atomic E-state index is 0.0127. The maximum atomic E-state index is 13.1. The third-order valence-electron chi connectivity index (χ3n) is 5.52. The van der Waals surface area contributed by atoms with Crippen LogP contribution in [0.5, 0.6) is 0 Å². The fraction of sp³-hybridized carbons (Fsp3) is 0.560. The number of nitrogens with one attached hydrogen (secondary N) is 3. The van der Waals surface area contributed by atoms with E-state index in [1.54, 1.807) is 13.8 Å². The molecule has 0 saturated heterocycles. The molecule has 36 heavy (non-hydrogen) atoms. The van der Waals surface area contributed by atoms with E-state index in [9.17, 15) is 29.1 Å². The number of carboxylic acids is 1. The molecule has 1 aromatic carbocycles. The molecule has 4 atom stereocenters. The number of amides is 4. The van der Waals surface area contributed by atoms with Crippen LogP contribution in [-0.2, 0) is 30.4 Å². The molecule has 4 unspecified atom stereocenters. The first kappa shape index (κ1) is 30.6. The van der Waals surface area contributed by atoms with Crippen LogP contribution >= 0.6 is 0 Å². The molecule has 0 spiro atoms. The Hall–Kier alpha value is -3.47. The predicted molar refractivity (Wildman–Crippen MR) is 134 cm³/mol. The van der Waals surface area contributed by atoms with Gasteiger partial charge in [-0.25, -0.2) is 4.79 Å². The van der Waals surface area contributed by atoms with Crippen LogP contribution in [-0.4, -0.2) is 58.9 Å². The van der Waals surface area contributed by atoms with E-state index in [-0.39, 0.29) is 31.1 Å². The Morgan fingerprint density at radius 2 is 1.44 bits per heavy atom. The smallest absolute Gasteiger partial charge is 0.326 e. The van der Waals surface area contributed by atoms with E-state index in [4.69, 9.17) is 11.5 Å². The summed E-state index contributed by atoms with van der Waals surface area (Å²) in [5, 5.41) is 17.1. The largest absolute Gasteiger partial charge is 0.480 e. The molecule has 8 N–H and O–H groups in total. The fourth-order valence-corrected chi connectivity index (χ4v) is 3.54. The van der Waals surface area contributed by atoms with Crippen LogP contribution in [0.4, 0.5) is 0 Å². The highest BCUT2D eigenvalue weighted by molar-refractivity contribution is 5.94. The summed E-state index contributed by atoms with van der Waals surface area (Å²) >= 11 is 0. The quantitative estimate of drug-likeness (QED) is 0.194. The van der Waals surface area contributed by atoms with E-state index >= 15 is 0 Å². The van der Waals surface area contributed by atoms with Crippen LogP contribution in [0.1, 0.15) is 52.5 Å². The Kier molecular flexibility index (Phi) is 12.6. The van der Waals surface area contributed by atoms with Crippen LogP contribution in [0, 0.1) is 11.8 Å². The molecule has 0 aliphatic carbocycles. The van der Waals surface area contributed by atoms with Crippen LogP contribution in [0.15, 0.2) is 30.3 Å². The summed E-state index contributed by atoms with van der Waals surface area (Å²) < 4.78 is 0. The number of carboxylic acid groups (broad SMARTS) is 1. The summed E-state index contributed by atoms with van der Waals surface area (Å²) in [5.41, 5.74) is 12.0. The second-order valence-electron chi connectivity index (χ2n) is 9.62. The Balaban J connectivity index is 2.91. The second-order valence-corrected chi connectivity index (χ2v) is 9.62. The van der Waals surface area contributed by atoms with Gasteiger partial charge in [-0.1, -0.05) is 58.0 Å².